The molecule has 136 valence electrons. The molecule has 2 heteroatoms. The molecule has 2 aromatic carbocycles. The molecule has 0 aliphatic heterocycles. The Morgan fingerprint density at radius 1 is 0.600 bits per heavy atom. The van der Waals surface area contributed by atoms with Crippen LogP contribution in [0.3, 0.4) is 0 Å². The number of hydrogen-bond acceptors (Lipinski definition) is 2. The van der Waals surface area contributed by atoms with Crippen molar-refractivity contribution in [3.05, 3.63) is 58.7 Å². The van der Waals surface area contributed by atoms with Gasteiger partial charge in [0.25, 0.3) is 0 Å². The van der Waals surface area contributed by atoms with Gasteiger partial charge in [-0.15, -0.1) is 0 Å². The maximum absolute atomic E-state index is 2.46. The molecule has 0 aliphatic carbocycles. The standard InChI is InChI=1S/C23H34N2/c1-7-24(8-2)22-13-11-18(5)15-20(22)17-21-16-19(6)12-14-23(21)25(9-3)10-4/h11-16H,7-10,17H2,1-6H3. The normalized spacial score (nSPS) is 10.8. The van der Waals surface area contributed by atoms with E-state index < -0.39 is 0 Å². The largest absolute Gasteiger partial charge is 0.372 e. The van der Waals surface area contributed by atoms with Crippen molar-refractivity contribution in [1.82, 2.24) is 0 Å². The Balaban J connectivity index is 2.49. The topological polar surface area (TPSA) is 6.48 Å². The molecule has 2 aromatic rings. The van der Waals surface area contributed by atoms with Gasteiger partial charge in [0.05, 0.1) is 0 Å². The Bertz CT molecular complexity index is 623. The van der Waals surface area contributed by atoms with Gasteiger partial charge >= 0.3 is 0 Å². The highest BCUT2D eigenvalue weighted by molar-refractivity contribution is 5.61. The lowest BCUT2D eigenvalue weighted by molar-refractivity contribution is 0.848. The van der Waals surface area contributed by atoms with Crippen LogP contribution in [-0.2, 0) is 6.42 Å². The van der Waals surface area contributed by atoms with Crippen LogP contribution in [0.2, 0.25) is 0 Å². The molecule has 0 saturated heterocycles. The summed E-state index contributed by atoms with van der Waals surface area (Å²) in [6.45, 7) is 17.5. The Morgan fingerprint density at radius 3 is 1.28 bits per heavy atom. The second-order valence-electron chi connectivity index (χ2n) is 6.79. The van der Waals surface area contributed by atoms with Crippen molar-refractivity contribution in [2.24, 2.45) is 0 Å². The fourth-order valence-corrected chi connectivity index (χ4v) is 3.66. The van der Waals surface area contributed by atoms with Gasteiger partial charge in [0, 0.05) is 44.0 Å². The molecule has 0 aliphatic rings. The van der Waals surface area contributed by atoms with Crippen LogP contribution < -0.4 is 9.80 Å². The first-order chi connectivity index (χ1) is 12.0. The Hall–Kier alpha value is -1.96. The van der Waals surface area contributed by atoms with Crippen LogP contribution >= 0.6 is 0 Å². The minimum absolute atomic E-state index is 0.987. The minimum Gasteiger partial charge on any atom is -0.372 e. The monoisotopic (exact) mass is 338 g/mol. The zero-order chi connectivity index (χ0) is 18.4. The van der Waals surface area contributed by atoms with E-state index in [4.69, 9.17) is 0 Å². The second-order valence-corrected chi connectivity index (χ2v) is 6.79. The Morgan fingerprint density at radius 2 is 0.960 bits per heavy atom. The maximum Gasteiger partial charge on any atom is 0.0402 e. The molecule has 25 heavy (non-hydrogen) atoms. The summed E-state index contributed by atoms with van der Waals surface area (Å²) >= 11 is 0. The molecule has 2 rings (SSSR count). The highest BCUT2D eigenvalue weighted by atomic mass is 15.1. The number of aryl methyl sites for hydroxylation is 2. The SMILES string of the molecule is CCN(CC)c1ccc(C)cc1Cc1cc(C)ccc1N(CC)CC. The van der Waals surface area contributed by atoms with Gasteiger partial charge < -0.3 is 9.80 Å². The summed E-state index contributed by atoms with van der Waals surface area (Å²) in [6, 6.07) is 13.8. The van der Waals surface area contributed by atoms with Crippen molar-refractivity contribution >= 4 is 11.4 Å². The van der Waals surface area contributed by atoms with Gasteiger partial charge in [-0.05, 0) is 64.8 Å². The molecule has 0 spiro atoms. The average molecular weight is 339 g/mol. The van der Waals surface area contributed by atoms with Crippen molar-refractivity contribution in [2.75, 3.05) is 36.0 Å². The lowest BCUT2D eigenvalue weighted by Gasteiger charge is -2.27. The third-order valence-electron chi connectivity index (χ3n) is 5.06. The van der Waals surface area contributed by atoms with Gasteiger partial charge in [0.1, 0.15) is 0 Å². The van der Waals surface area contributed by atoms with Crippen LogP contribution in [0, 0.1) is 13.8 Å². The summed E-state index contributed by atoms with van der Waals surface area (Å²) in [5.74, 6) is 0. The highest BCUT2D eigenvalue weighted by Crippen LogP contribution is 2.29. The van der Waals surface area contributed by atoms with E-state index in [2.05, 4.69) is 87.7 Å². The Labute approximate surface area is 154 Å². The minimum atomic E-state index is 0.987. The van der Waals surface area contributed by atoms with Crippen LogP contribution in [0.4, 0.5) is 11.4 Å². The van der Waals surface area contributed by atoms with E-state index in [0.29, 0.717) is 0 Å². The number of anilines is 2. The average Bonchev–Trinajstić information content (AvgIpc) is 2.60. The fraction of sp³-hybridized carbons (Fsp3) is 0.478. The van der Waals surface area contributed by atoms with Crippen molar-refractivity contribution in [3.63, 3.8) is 0 Å². The predicted octanol–water partition coefficient (Wildman–Crippen LogP) is 5.59. The number of nitrogens with zero attached hydrogens (tertiary/aromatic N) is 2. The van der Waals surface area contributed by atoms with E-state index in [9.17, 15) is 0 Å². The van der Waals surface area contributed by atoms with E-state index in [1.807, 2.05) is 0 Å². The molecule has 2 nitrogen and oxygen atoms in total. The van der Waals surface area contributed by atoms with Crippen LogP contribution in [0.15, 0.2) is 36.4 Å². The van der Waals surface area contributed by atoms with Crippen LogP contribution in [-0.4, -0.2) is 26.2 Å². The molecule has 0 unspecified atom stereocenters. The number of rotatable bonds is 8. The molecular weight excluding hydrogens is 304 g/mol. The predicted molar refractivity (Wildman–Crippen MR) is 112 cm³/mol. The molecule has 0 fully saturated rings. The van der Waals surface area contributed by atoms with Crippen LogP contribution in [0.25, 0.3) is 0 Å². The van der Waals surface area contributed by atoms with Gasteiger partial charge in [0.2, 0.25) is 0 Å². The first-order valence-electron chi connectivity index (χ1n) is 9.72. The van der Waals surface area contributed by atoms with E-state index in [1.54, 1.807) is 0 Å². The molecule has 0 bridgehead atoms. The summed E-state index contributed by atoms with van der Waals surface area (Å²) in [4.78, 5) is 4.92. The third-order valence-corrected chi connectivity index (χ3v) is 5.06. The van der Waals surface area contributed by atoms with Crippen molar-refractivity contribution < 1.29 is 0 Å². The van der Waals surface area contributed by atoms with Gasteiger partial charge in [-0.2, -0.15) is 0 Å². The fourth-order valence-electron chi connectivity index (χ4n) is 3.66. The van der Waals surface area contributed by atoms with Gasteiger partial charge in [-0.1, -0.05) is 35.4 Å². The quantitative estimate of drug-likeness (QED) is 0.619. The lowest BCUT2D eigenvalue weighted by Crippen LogP contribution is -2.24. The molecule has 0 saturated carbocycles. The van der Waals surface area contributed by atoms with E-state index >= 15 is 0 Å². The summed E-state index contributed by atoms with van der Waals surface area (Å²) in [7, 11) is 0. The van der Waals surface area contributed by atoms with Crippen LogP contribution in [0.1, 0.15) is 49.9 Å². The van der Waals surface area contributed by atoms with Crippen molar-refractivity contribution in [3.8, 4) is 0 Å². The molecule has 0 amide bonds. The smallest absolute Gasteiger partial charge is 0.0402 e. The van der Waals surface area contributed by atoms with E-state index in [0.717, 1.165) is 32.6 Å². The van der Waals surface area contributed by atoms with E-state index in [1.165, 1.54) is 33.6 Å². The van der Waals surface area contributed by atoms with E-state index in [-0.39, 0.29) is 0 Å². The first-order valence-corrected chi connectivity index (χ1v) is 9.72. The zero-order valence-electron chi connectivity index (χ0n) is 16.9. The number of benzene rings is 2. The van der Waals surface area contributed by atoms with Gasteiger partial charge in [-0.3, -0.25) is 0 Å². The van der Waals surface area contributed by atoms with Crippen molar-refractivity contribution in [2.45, 2.75) is 48.0 Å². The zero-order valence-corrected chi connectivity index (χ0v) is 16.9. The first kappa shape index (κ1) is 19.4. The second kappa shape index (κ2) is 8.94. The molecular formula is C23H34N2. The summed E-state index contributed by atoms with van der Waals surface area (Å²) in [5.41, 5.74) is 8.29. The van der Waals surface area contributed by atoms with Crippen LogP contribution in [0.5, 0.6) is 0 Å². The molecule has 0 aromatic heterocycles. The summed E-state index contributed by atoms with van der Waals surface area (Å²) in [6.07, 6.45) is 0.987. The highest BCUT2D eigenvalue weighted by Gasteiger charge is 2.14. The third kappa shape index (κ3) is 4.56. The van der Waals surface area contributed by atoms with Gasteiger partial charge in [0.15, 0.2) is 0 Å². The lowest BCUT2D eigenvalue weighted by atomic mass is 9.97. The molecule has 0 radical (unpaired) electrons. The molecule has 0 atom stereocenters. The summed E-state index contributed by atoms with van der Waals surface area (Å²) < 4.78 is 0. The number of hydrogen-bond donors (Lipinski definition) is 0. The molecule has 0 heterocycles. The van der Waals surface area contributed by atoms with Crippen molar-refractivity contribution in [1.29, 1.82) is 0 Å². The molecule has 0 N–H and O–H groups in total. The Kier molecular flexibility index (Phi) is 6.92. The summed E-state index contributed by atoms with van der Waals surface area (Å²) in [5, 5.41) is 0. The van der Waals surface area contributed by atoms with Gasteiger partial charge in [-0.25, -0.2) is 0 Å². The maximum atomic E-state index is 2.46.